The molecule has 132 valence electrons. The molecule has 2 aliphatic heterocycles. The van der Waals surface area contributed by atoms with Gasteiger partial charge in [0, 0.05) is 26.2 Å². The number of ether oxygens (including phenoxy) is 2. The van der Waals surface area contributed by atoms with Gasteiger partial charge in [0.25, 0.3) is 0 Å². The summed E-state index contributed by atoms with van der Waals surface area (Å²) < 4.78 is 12.1. The van der Waals surface area contributed by atoms with E-state index in [9.17, 15) is 0 Å². The molecule has 1 saturated heterocycles. The van der Waals surface area contributed by atoms with Gasteiger partial charge in [-0.1, -0.05) is 42.5 Å². The number of fused-ring (bicyclic) bond motifs is 1. The summed E-state index contributed by atoms with van der Waals surface area (Å²) in [5, 5.41) is 3.48. The van der Waals surface area contributed by atoms with Gasteiger partial charge >= 0.3 is 0 Å². The average Bonchev–Trinajstić information content (AvgIpc) is 2.67. The summed E-state index contributed by atoms with van der Waals surface area (Å²) in [5.74, 6) is 0.959. The van der Waals surface area contributed by atoms with E-state index in [4.69, 9.17) is 9.47 Å². The number of nitrogens with one attached hydrogen (secondary N) is 1. The van der Waals surface area contributed by atoms with E-state index in [-0.39, 0.29) is 6.10 Å². The van der Waals surface area contributed by atoms with Crippen molar-refractivity contribution in [2.45, 2.75) is 25.5 Å². The molecule has 4 rings (SSSR count). The first-order valence-corrected chi connectivity index (χ1v) is 9.25. The lowest BCUT2D eigenvalue weighted by Gasteiger charge is -2.33. The number of morpholine rings is 1. The van der Waals surface area contributed by atoms with Crippen LogP contribution in [0, 0.1) is 0 Å². The van der Waals surface area contributed by atoms with Crippen molar-refractivity contribution in [2.75, 3.05) is 38.2 Å². The Balaban J connectivity index is 1.34. The Morgan fingerprint density at radius 2 is 2.04 bits per heavy atom. The predicted octanol–water partition coefficient (Wildman–Crippen LogP) is 3.32. The van der Waals surface area contributed by atoms with Gasteiger partial charge in [0.15, 0.2) is 0 Å². The second-order valence-corrected chi connectivity index (χ2v) is 6.85. The van der Waals surface area contributed by atoms with Crippen LogP contribution in [0.2, 0.25) is 0 Å². The van der Waals surface area contributed by atoms with Crippen molar-refractivity contribution in [1.29, 1.82) is 0 Å². The van der Waals surface area contributed by atoms with Gasteiger partial charge in [-0.05, 0) is 30.0 Å². The van der Waals surface area contributed by atoms with E-state index in [1.807, 2.05) is 0 Å². The fourth-order valence-corrected chi connectivity index (χ4v) is 3.65. The van der Waals surface area contributed by atoms with Crippen LogP contribution >= 0.6 is 0 Å². The summed E-state index contributed by atoms with van der Waals surface area (Å²) in [7, 11) is 0. The summed E-state index contributed by atoms with van der Waals surface area (Å²) in [6.07, 6.45) is 2.44. The molecule has 2 aromatic rings. The van der Waals surface area contributed by atoms with Gasteiger partial charge in [0.2, 0.25) is 0 Å². The maximum Gasteiger partial charge on any atom is 0.142 e. The fraction of sp³-hybridized carbons (Fsp3) is 0.429. The number of rotatable bonds is 5. The van der Waals surface area contributed by atoms with Crippen LogP contribution in [-0.4, -0.2) is 43.9 Å². The third-order valence-corrected chi connectivity index (χ3v) is 4.93. The zero-order valence-electron chi connectivity index (χ0n) is 14.6. The smallest absolute Gasteiger partial charge is 0.142 e. The van der Waals surface area contributed by atoms with E-state index in [2.05, 4.69) is 58.7 Å². The Labute approximate surface area is 149 Å². The van der Waals surface area contributed by atoms with Crippen molar-refractivity contribution in [3.05, 3.63) is 59.7 Å². The van der Waals surface area contributed by atoms with Crippen molar-refractivity contribution >= 4 is 5.69 Å². The van der Waals surface area contributed by atoms with Crippen molar-refractivity contribution in [1.82, 2.24) is 4.90 Å². The van der Waals surface area contributed by atoms with Gasteiger partial charge in [-0.15, -0.1) is 0 Å². The highest BCUT2D eigenvalue weighted by atomic mass is 16.5. The fourth-order valence-electron chi connectivity index (χ4n) is 3.65. The van der Waals surface area contributed by atoms with Crippen molar-refractivity contribution in [3.63, 3.8) is 0 Å². The lowest BCUT2D eigenvalue weighted by atomic mass is 10.0. The van der Waals surface area contributed by atoms with Crippen LogP contribution in [0.3, 0.4) is 0 Å². The second kappa shape index (κ2) is 7.89. The molecule has 0 amide bonds. The number of aryl methyl sites for hydroxylation is 1. The Hall–Kier alpha value is -2.04. The van der Waals surface area contributed by atoms with Gasteiger partial charge in [-0.25, -0.2) is 0 Å². The minimum atomic E-state index is 0.122. The molecule has 2 heterocycles. The van der Waals surface area contributed by atoms with E-state index in [0.717, 1.165) is 45.0 Å². The lowest BCUT2D eigenvalue weighted by Crippen LogP contribution is -2.44. The summed E-state index contributed by atoms with van der Waals surface area (Å²) in [4.78, 5) is 2.45. The van der Waals surface area contributed by atoms with Crippen molar-refractivity contribution in [3.8, 4) is 5.75 Å². The second-order valence-electron chi connectivity index (χ2n) is 6.85. The molecule has 25 heavy (non-hydrogen) atoms. The molecule has 4 nitrogen and oxygen atoms in total. The van der Waals surface area contributed by atoms with Crippen LogP contribution in [-0.2, 0) is 17.7 Å². The molecule has 0 bridgehead atoms. The normalized spacial score (nSPS) is 20.6. The van der Waals surface area contributed by atoms with Gasteiger partial charge < -0.3 is 14.8 Å². The van der Waals surface area contributed by atoms with Crippen molar-refractivity contribution in [2.24, 2.45) is 0 Å². The van der Waals surface area contributed by atoms with Crippen LogP contribution in [0.5, 0.6) is 5.75 Å². The molecule has 2 aromatic carbocycles. The maximum atomic E-state index is 6.13. The van der Waals surface area contributed by atoms with Crippen LogP contribution < -0.4 is 10.1 Å². The van der Waals surface area contributed by atoms with Gasteiger partial charge in [0.05, 0.1) is 12.3 Å². The summed E-state index contributed by atoms with van der Waals surface area (Å²) in [6.45, 7) is 5.27. The highest BCUT2D eigenvalue weighted by molar-refractivity contribution is 5.63. The molecule has 4 heteroatoms. The van der Waals surface area contributed by atoms with Gasteiger partial charge in [-0.3, -0.25) is 4.90 Å². The van der Waals surface area contributed by atoms with Gasteiger partial charge in [-0.2, -0.15) is 0 Å². The molecular formula is C21H26N2O2. The van der Waals surface area contributed by atoms with E-state index in [1.54, 1.807) is 0 Å². The molecule has 0 unspecified atom stereocenters. The first-order chi connectivity index (χ1) is 12.4. The van der Waals surface area contributed by atoms with E-state index in [1.165, 1.54) is 23.2 Å². The van der Waals surface area contributed by atoms with E-state index in [0.29, 0.717) is 6.61 Å². The Bertz CT molecular complexity index is 690. The largest absolute Gasteiger partial charge is 0.489 e. The lowest BCUT2D eigenvalue weighted by molar-refractivity contribution is -0.0503. The van der Waals surface area contributed by atoms with Crippen LogP contribution in [0.25, 0.3) is 0 Å². The Kier molecular flexibility index (Phi) is 5.19. The maximum absolute atomic E-state index is 6.13. The monoisotopic (exact) mass is 338 g/mol. The number of anilines is 1. The standard InChI is InChI=1S/C21H26N2O2/c1-2-6-17(7-3-1)14-23-12-13-24-19(15-23)16-25-20-10-4-8-18-9-5-11-22-21(18)20/h1-4,6-8,10,19,22H,5,9,11-16H2/t19-/m1/s1. The third-order valence-electron chi connectivity index (χ3n) is 4.93. The molecule has 0 aromatic heterocycles. The number of hydrogen-bond acceptors (Lipinski definition) is 4. The van der Waals surface area contributed by atoms with Crippen LogP contribution in [0.1, 0.15) is 17.5 Å². The molecule has 1 fully saturated rings. The minimum absolute atomic E-state index is 0.122. The number of para-hydroxylation sites is 1. The molecule has 0 radical (unpaired) electrons. The molecular weight excluding hydrogens is 312 g/mol. The first kappa shape index (κ1) is 16.4. The van der Waals surface area contributed by atoms with E-state index < -0.39 is 0 Å². The molecule has 0 aliphatic carbocycles. The Morgan fingerprint density at radius 3 is 2.96 bits per heavy atom. The summed E-state index contributed by atoms with van der Waals surface area (Å²) >= 11 is 0. The summed E-state index contributed by atoms with van der Waals surface area (Å²) in [5.41, 5.74) is 3.88. The number of benzene rings is 2. The SMILES string of the molecule is c1ccc(CN2CCO[C@@H](COc3cccc4c3NCCC4)C2)cc1. The number of hydrogen-bond donors (Lipinski definition) is 1. The average molecular weight is 338 g/mol. The number of nitrogens with zero attached hydrogens (tertiary/aromatic N) is 1. The highest BCUT2D eigenvalue weighted by Crippen LogP contribution is 2.32. The molecule has 0 spiro atoms. The van der Waals surface area contributed by atoms with Crippen LogP contribution in [0.4, 0.5) is 5.69 Å². The minimum Gasteiger partial charge on any atom is -0.489 e. The van der Waals surface area contributed by atoms with E-state index >= 15 is 0 Å². The third kappa shape index (κ3) is 4.14. The summed E-state index contributed by atoms with van der Waals surface area (Å²) in [6, 6.07) is 17.0. The van der Waals surface area contributed by atoms with Crippen LogP contribution in [0.15, 0.2) is 48.5 Å². The van der Waals surface area contributed by atoms with Crippen molar-refractivity contribution < 1.29 is 9.47 Å². The Morgan fingerprint density at radius 1 is 1.12 bits per heavy atom. The quantitative estimate of drug-likeness (QED) is 0.907. The highest BCUT2D eigenvalue weighted by Gasteiger charge is 2.22. The molecule has 2 aliphatic rings. The van der Waals surface area contributed by atoms with Gasteiger partial charge in [0.1, 0.15) is 18.5 Å². The first-order valence-electron chi connectivity index (χ1n) is 9.25. The zero-order valence-corrected chi connectivity index (χ0v) is 14.6. The molecule has 0 saturated carbocycles. The molecule has 1 N–H and O–H groups in total. The molecule has 1 atom stereocenters. The predicted molar refractivity (Wildman–Crippen MR) is 100 cm³/mol. The topological polar surface area (TPSA) is 33.7 Å². The zero-order chi connectivity index (χ0) is 16.9.